The van der Waals surface area contributed by atoms with Crippen LogP contribution in [0.5, 0.6) is 0 Å². The van der Waals surface area contributed by atoms with Gasteiger partial charge >= 0.3 is 0 Å². The summed E-state index contributed by atoms with van der Waals surface area (Å²) in [4.78, 5) is 30.9. The Balaban J connectivity index is 1.43. The number of para-hydroxylation sites is 1. The number of carbonyl (C=O) groups excluding carboxylic acids is 2. The van der Waals surface area contributed by atoms with Crippen LogP contribution in [0.1, 0.15) is 28.5 Å². The number of H-pyrrole nitrogens is 1. The molecule has 8 nitrogen and oxygen atoms in total. The van der Waals surface area contributed by atoms with Gasteiger partial charge in [0.15, 0.2) is 0 Å². The predicted molar refractivity (Wildman–Crippen MR) is 122 cm³/mol. The molecule has 1 atom stereocenters. The van der Waals surface area contributed by atoms with Crippen LogP contribution in [0.4, 0.5) is 0 Å². The fourth-order valence-electron chi connectivity index (χ4n) is 3.96. The molecule has 1 aliphatic rings. The Hall–Kier alpha value is -3.17. The van der Waals surface area contributed by atoms with Gasteiger partial charge in [-0.15, -0.1) is 0 Å². The molecule has 0 bridgehead atoms. The lowest BCUT2D eigenvalue weighted by Gasteiger charge is -2.30. The number of aromatic amines is 1. The van der Waals surface area contributed by atoms with E-state index in [0.717, 1.165) is 32.9 Å². The normalized spacial score (nSPS) is 14.9. The van der Waals surface area contributed by atoms with Crippen molar-refractivity contribution in [3.8, 4) is 0 Å². The molecule has 2 amide bonds. The molecule has 32 heavy (non-hydrogen) atoms. The van der Waals surface area contributed by atoms with E-state index in [-0.39, 0.29) is 10.8 Å². The Morgan fingerprint density at radius 2 is 1.78 bits per heavy atom. The highest BCUT2D eigenvalue weighted by atomic mass is 32.2. The van der Waals surface area contributed by atoms with Gasteiger partial charge in [-0.25, -0.2) is 12.7 Å². The molecule has 1 aliphatic heterocycles. The molecule has 4 rings (SSSR count). The Morgan fingerprint density at radius 1 is 1.09 bits per heavy atom. The van der Waals surface area contributed by atoms with Crippen LogP contribution < -0.4 is 5.32 Å². The summed E-state index contributed by atoms with van der Waals surface area (Å²) < 4.78 is 25.5. The van der Waals surface area contributed by atoms with Crippen LogP contribution in [-0.2, 0) is 27.8 Å². The zero-order valence-electron chi connectivity index (χ0n) is 18.3. The van der Waals surface area contributed by atoms with E-state index in [1.165, 1.54) is 38.4 Å². The Morgan fingerprint density at radius 3 is 2.47 bits per heavy atom. The summed E-state index contributed by atoms with van der Waals surface area (Å²) in [5.41, 5.74) is 3.63. The van der Waals surface area contributed by atoms with Gasteiger partial charge in [-0.05, 0) is 37.3 Å². The van der Waals surface area contributed by atoms with Crippen LogP contribution in [0.25, 0.3) is 10.9 Å². The predicted octanol–water partition coefficient (Wildman–Crippen LogP) is 2.12. The quantitative estimate of drug-likeness (QED) is 0.616. The number of carbonyl (C=O) groups is 2. The third-order valence-electron chi connectivity index (χ3n) is 5.81. The fourth-order valence-corrected chi connectivity index (χ4v) is 4.86. The highest BCUT2D eigenvalue weighted by Crippen LogP contribution is 2.27. The molecular formula is C23H26N4O4S. The van der Waals surface area contributed by atoms with Crippen LogP contribution in [0.2, 0.25) is 0 Å². The number of nitrogens with zero attached hydrogens (tertiary/aromatic N) is 2. The standard InChI is InChI=1S/C23H26N4O4S/c1-15(24-22(28)16-8-10-17(11-9-16)32(30,31)26(2)3)23(29)27-13-12-21-19(14-27)18-6-4-5-7-20(18)25-21/h4-11,15,25H,12-14H2,1-3H3,(H,24,28)/t15-/m1/s1. The Labute approximate surface area is 187 Å². The first kappa shape index (κ1) is 22.0. The molecule has 0 saturated heterocycles. The van der Waals surface area contributed by atoms with Crippen molar-refractivity contribution >= 4 is 32.7 Å². The lowest BCUT2D eigenvalue weighted by molar-refractivity contribution is -0.133. The third-order valence-corrected chi connectivity index (χ3v) is 7.64. The Kier molecular flexibility index (Phi) is 5.79. The first-order valence-electron chi connectivity index (χ1n) is 10.4. The molecule has 1 aromatic heterocycles. The fraction of sp³-hybridized carbons (Fsp3) is 0.304. The van der Waals surface area contributed by atoms with Crippen molar-refractivity contribution in [1.82, 2.24) is 19.5 Å². The molecule has 0 saturated carbocycles. The second-order valence-corrected chi connectivity index (χ2v) is 10.3. The smallest absolute Gasteiger partial charge is 0.251 e. The summed E-state index contributed by atoms with van der Waals surface area (Å²) in [5, 5.41) is 3.85. The van der Waals surface area contributed by atoms with Crippen LogP contribution in [0.15, 0.2) is 53.4 Å². The van der Waals surface area contributed by atoms with Crippen LogP contribution >= 0.6 is 0 Å². The molecule has 0 unspecified atom stereocenters. The average molecular weight is 455 g/mol. The summed E-state index contributed by atoms with van der Waals surface area (Å²) in [5.74, 6) is -0.578. The summed E-state index contributed by atoms with van der Waals surface area (Å²) >= 11 is 0. The maximum Gasteiger partial charge on any atom is 0.251 e. The van der Waals surface area contributed by atoms with Gasteiger partial charge in [0.25, 0.3) is 5.91 Å². The second kappa shape index (κ2) is 8.40. The van der Waals surface area contributed by atoms with E-state index in [0.29, 0.717) is 18.7 Å². The molecule has 0 spiro atoms. The number of sulfonamides is 1. The van der Waals surface area contributed by atoms with E-state index in [1.807, 2.05) is 24.3 Å². The summed E-state index contributed by atoms with van der Waals surface area (Å²) in [7, 11) is -0.672. The van der Waals surface area contributed by atoms with Crippen LogP contribution in [0, 0.1) is 0 Å². The molecular weight excluding hydrogens is 428 g/mol. The molecule has 0 radical (unpaired) electrons. The summed E-state index contributed by atoms with van der Waals surface area (Å²) in [6.07, 6.45) is 0.734. The number of aromatic nitrogens is 1. The molecule has 2 aromatic carbocycles. The third kappa shape index (κ3) is 4.01. The van der Waals surface area contributed by atoms with Crippen molar-refractivity contribution in [1.29, 1.82) is 0 Å². The van der Waals surface area contributed by atoms with Gasteiger partial charge in [-0.2, -0.15) is 0 Å². The number of benzene rings is 2. The van der Waals surface area contributed by atoms with Crippen LogP contribution in [0.3, 0.4) is 0 Å². The lowest BCUT2D eigenvalue weighted by atomic mass is 10.0. The van der Waals surface area contributed by atoms with Crippen molar-refractivity contribution < 1.29 is 18.0 Å². The molecule has 2 heterocycles. The van der Waals surface area contributed by atoms with Crippen molar-refractivity contribution in [2.45, 2.75) is 30.8 Å². The minimum Gasteiger partial charge on any atom is -0.358 e. The molecule has 2 N–H and O–H groups in total. The number of hydrogen-bond acceptors (Lipinski definition) is 4. The van der Waals surface area contributed by atoms with Gasteiger partial charge in [0, 0.05) is 61.3 Å². The number of rotatable bonds is 5. The van der Waals surface area contributed by atoms with E-state index in [1.54, 1.807) is 11.8 Å². The second-order valence-electron chi connectivity index (χ2n) is 8.14. The number of fused-ring (bicyclic) bond motifs is 3. The van der Waals surface area contributed by atoms with Gasteiger partial charge < -0.3 is 15.2 Å². The number of nitrogens with one attached hydrogen (secondary N) is 2. The lowest BCUT2D eigenvalue weighted by Crippen LogP contribution is -2.48. The molecule has 0 aliphatic carbocycles. The van der Waals surface area contributed by atoms with E-state index in [9.17, 15) is 18.0 Å². The van der Waals surface area contributed by atoms with Crippen molar-refractivity contribution in [2.75, 3.05) is 20.6 Å². The summed E-state index contributed by atoms with van der Waals surface area (Å²) in [6, 6.07) is 13.0. The monoisotopic (exact) mass is 454 g/mol. The van der Waals surface area contributed by atoms with Gasteiger partial charge in [0.1, 0.15) is 6.04 Å². The van der Waals surface area contributed by atoms with Gasteiger partial charge in [0.05, 0.1) is 4.90 Å². The van der Waals surface area contributed by atoms with Gasteiger partial charge in [0.2, 0.25) is 15.9 Å². The van der Waals surface area contributed by atoms with Gasteiger partial charge in [-0.3, -0.25) is 9.59 Å². The maximum atomic E-state index is 13.0. The van der Waals surface area contributed by atoms with E-state index in [2.05, 4.69) is 10.3 Å². The molecule has 0 fully saturated rings. The zero-order valence-corrected chi connectivity index (χ0v) is 19.1. The maximum absolute atomic E-state index is 13.0. The van der Waals surface area contributed by atoms with Crippen LogP contribution in [-0.4, -0.2) is 61.1 Å². The van der Waals surface area contributed by atoms with E-state index >= 15 is 0 Å². The molecule has 3 aromatic rings. The van der Waals surface area contributed by atoms with E-state index < -0.39 is 22.0 Å². The SMILES string of the molecule is C[C@@H](NC(=O)c1ccc(S(=O)(=O)N(C)C)cc1)C(=O)N1CCc2[nH]c3ccccc3c2C1. The first-order valence-corrected chi connectivity index (χ1v) is 11.8. The number of hydrogen-bond donors (Lipinski definition) is 2. The van der Waals surface area contributed by atoms with Gasteiger partial charge in [-0.1, -0.05) is 18.2 Å². The highest BCUT2D eigenvalue weighted by molar-refractivity contribution is 7.89. The molecule has 168 valence electrons. The van der Waals surface area contributed by atoms with Crippen molar-refractivity contribution in [2.24, 2.45) is 0 Å². The molecule has 9 heteroatoms. The van der Waals surface area contributed by atoms with E-state index in [4.69, 9.17) is 0 Å². The van der Waals surface area contributed by atoms with Crippen molar-refractivity contribution in [3.63, 3.8) is 0 Å². The minimum absolute atomic E-state index is 0.103. The Bertz CT molecular complexity index is 1280. The zero-order chi connectivity index (χ0) is 23.0. The average Bonchev–Trinajstić information content (AvgIpc) is 3.16. The first-order chi connectivity index (χ1) is 15.2. The number of amides is 2. The minimum atomic E-state index is -3.57. The largest absolute Gasteiger partial charge is 0.358 e. The highest BCUT2D eigenvalue weighted by Gasteiger charge is 2.28. The summed E-state index contributed by atoms with van der Waals surface area (Å²) in [6.45, 7) is 2.74. The topological polar surface area (TPSA) is 103 Å². The van der Waals surface area contributed by atoms with Crippen molar-refractivity contribution in [3.05, 3.63) is 65.4 Å².